The Morgan fingerprint density at radius 1 is 1.00 bits per heavy atom. The van der Waals surface area contributed by atoms with Crippen LogP contribution in [0, 0.1) is 0 Å². The van der Waals surface area contributed by atoms with Gasteiger partial charge in [0, 0.05) is 25.0 Å². The van der Waals surface area contributed by atoms with Crippen molar-refractivity contribution in [3.8, 4) is 0 Å². The van der Waals surface area contributed by atoms with Gasteiger partial charge in [-0.25, -0.2) is 4.79 Å². The molecule has 0 aromatic rings. The van der Waals surface area contributed by atoms with Gasteiger partial charge in [0.1, 0.15) is 0 Å². The number of ether oxygens (including phenoxy) is 1. The highest BCUT2D eigenvalue weighted by Gasteiger charge is 2.03. The van der Waals surface area contributed by atoms with Gasteiger partial charge in [-0.1, -0.05) is 25.8 Å². The molecular weight excluding hydrogens is 286 g/mol. The van der Waals surface area contributed by atoms with Gasteiger partial charge in [0.05, 0.1) is 6.61 Å². The van der Waals surface area contributed by atoms with Gasteiger partial charge in [0.2, 0.25) is 5.91 Å². The zero-order valence-corrected chi connectivity index (χ0v) is 13.4. The zero-order valence-electron chi connectivity index (χ0n) is 13.4. The van der Waals surface area contributed by atoms with Crippen molar-refractivity contribution in [3.05, 3.63) is 12.2 Å². The molecule has 0 unspecified atom stereocenters. The van der Waals surface area contributed by atoms with Crippen LogP contribution in [-0.2, 0) is 19.1 Å². The molecule has 0 bridgehead atoms. The number of esters is 1. The van der Waals surface area contributed by atoms with Crippen molar-refractivity contribution in [2.24, 2.45) is 0 Å². The second kappa shape index (κ2) is 12.9. The lowest BCUT2D eigenvalue weighted by Crippen LogP contribution is -2.25. The highest BCUT2D eigenvalue weighted by atomic mass is 16.5. The molecule has 126 valence electrons. The number of carboxylic acid groups (broad SMARTS) is 1. The number of aliphatic carboxylic acids is 1. The summed E-state index contributed by atoms with van der Waals surface area (Å²) in [6.45, 7) is 5.83. The number of hydrogen-bond donors (Lipinski definition) is 2. The number of carboxylic acids is 1. The molecule has 0 heterocycles. The standard InChI is InChI=1S/C16H27NO5/c1-13(2)16(21)22-12-8-11-17-14(18)9-6-4-3-5-7-10-15(19)20/h1,3-12H2,2H3,(H,17,18)(H,19,20). The lowest BCUT2D eigenvalue weighted by atomic mass is 10.1. The van der Waals surface area contributed by atoms with Crippen molar-refractivity contribution in [3.63, 3.8) is 0 Å². The summed E-state index contributed by atoms with van der Waals surface area (Å²) in [5.74, 6) is -1.17. The predicted molar refractivity (Wildman–Crippen MR) is 83.4 cm³/mol. The van der Waals surface area contributed by atoms with Crippen LogP contribution in [0.4, 0.5) is 0 Å². The molecule has 0 aliphatic heterocycles. The summed E-state index contributed by atoms with van der Waals surface area (Å²) in [5, 5.41) is 11.3. The van der Waals surface area contributed by atoms with Crippen LogP contribution in [0.2, 0.25) is 0 Å². The summed E-state index contributed by atoms with van der Waals surface area (Å²) in [5.41, 5.74) is 0.368. The number of rotatable bonds is 13. The van der Waals surface area contributed by atoms with Gasteiger partial charge in [0.25, 0.3) is 0 Å². The van der Waals surface area contributed by atoms with E-state index in [1.165, 1.54) is 0 Å². The van der Waals surface area contributed by atoms with E-state index in [9.17, 15) is 14.4 Å². The Labute approximate surface area is 131 Å². The van der Waals surface area contributed by atoms with E-state index in [0.717, 1.165) is 25.7 Å². The Bertz CT molecular complexity index is 379. The fourth-order valence-corrected chi connectivity index (χ4v) is 1.77. The topological polar surface area (TPSA) is 92.7 Å². The normalized spacial score (nSPS) is 10.0. The van der Waals surface area contributed by atoms with E-state index in [1.807, 2.05) is 0 Å². The monoisotopic (exact) mass is 313 g/mol. The molecule has 0 aliphatic rings. The summed E-state index contributed by atoms with van der Waals surface area (Å²) in [4.78, 5) is 32.9. The first-order chi connectivity index (χ1) is 10.4. The minimum Gasteiger partial charge on any atom is -0.481 e. The Morgan fingerprint density at radius 2 is 1.59 bits per heavy atom. The van der Waals surface area contributed by atoms with Crippen molar-refractivity contribution in [1.82, 2.24) is 5.32 Å². The maximum Gasteiger partial charge on any atom is 0.333 e. The van der Waals surface area contributed by atoms with Gasteiger partial charge in [0.15, 0.2) is 0 Å². The van der Waals surface area contributed by atoms with Crippen LogP contribution in [0.5, 0.6) is 0 Å². The van der Waals surface area contributed by atoms with E-state index >= 15 is 0 Å². The molecule has 0 rings (SSSR count). The molecule has 0 radical (unpaired) electrons. The van der Waals surface area contributed by atoms with Gasteiger partial charge in [-0.15, -0.1) is 0 Å². The van der Waals surface area contributed by atoms with Crippen molar-refractivity contribution >= 4 is 17.8 Å². The fourth-order valence-electron chi connectivity index (χ4n) is 1.77. The molecule has 22 heavy (non-hydrogen) atoms. The summed E-state index contributed by atoms with van der Waals surface area (Å²) in [6.07, 6.45) is 5.57. The van der Waals surface area contributed by atoms with Gasteiger partial charge >= 0.3 is 11.9 Å². The van der Waals surface area contributed by atoms with E-state index in [2.05, 4.69) is 11.9 Å². The predicted octanol–water partition coefficient (Wildman–Crippen LogP) is 2.43. The number of unbranched alkanes of at least 4 members (excludes halogenated alkanes) is 4. The first-order valence-corrected chi connectivity index (χ1v) is 7.74. The average molecular weight is 313 g/mol. The molecule has 0 aromatic heterocycles. The number of amides is 1. The minimum absolute atomic E-state index is 0.00300. The van der Waals surface area contributed by atoms with Crippen molar-refractivity contribution < 1.29 is 24.2 Å². The third-order valence-corrected chi connectivity index (χ3v) is 3.02. The molecule has 1 amide bonds. The van der Waals surface area contributed by atoms with Crippen molar-refractivity contribution in [2.75, 3.05) is 13.2 Å². The van der Waals surface area contributed by atoms with Crippen LogP contribution in [-0.4, -0.2) is 36.1 Å². The van der Waals surface area contributed by atoms with E-state index < -0.39 is 11.9 Å². The summed E-state index contributed by atoms with van der Waals surface area (Å²) >= 11 is 0. The molecule has 0 atom stereocenters. The smallest absolute Gasteiger partial charge is 0.333 e. The molecule has 0 fully saturated rings. The molecule has 0 spiro atoms. The highest BCUT2D eigenvalue weighted by Crippen LogP contribution is 2.07. The van der Waals surface area contributed by atoms with Crippen molar-refractivity contribution in [1.29, 1.82) is 0 Å². The zero-order chi connectivity index (χ0) is 16.8. The van der Waals surface area contributed by atoms with Gasteiger partial charge in [-0.05, 0) is 26.2 Å². The highest BCUT2D eigenvalue weighted by molar-refractivity contribution is 5.86. The van der Waals surface area contributed by atoms with Gasteiger partial charge in [-0.2, -0.15) is 0 Å². The third kappa shape index (κ3) is 13.1. The quantitative estimate of drug-likeness (QED) is 0.309. The Kier molecular flexibility index (Phi) is 11.8. The summed E-state index contributed by atoms with van der Waals surface area (Å²) < 4.78 is 4.91. The van der Waals surface area contributed by atoms with Crippen LogP contribution in [0.15, 0.2) is 12.2 Å². The number of hydrogen-bond acceptors (Lipinski definition) is 4. The lowest BCUT2D eigenvalue weighted by molar-refractivity contribution is -0.139. The summed E-state index contributed by atoms with van der Waals surface area (Å²) in [7, 11) is 0. The van der Waals surface area contributed by atoms with E-state index in [1.54, 1.807) is 6.92 Å². The van der Waals surface area contributed by atoms with E-state index in [-0.39, 0.29) is 18.9 Å². The Morgan fingerprint density at radius 3 is 2.18 bits per heavy atom. The first kappa shape index (κ1) is 20.1. The lowest BCUT2D eigenvalue weighted by Gasteiger charge is -2.06. The third-order valence-electron chi connectivity index (χ3n) is 3.02. The SMILES string of the molecule is C=C(C)C(=O)OCCCNC(=O)CCCCCCCC(=O)O. The van der Waals surface area contributed by atoms with E-state index in [0.29, 0.717) is 31.4 Å². The van der Waals surface area contributed by atoms with E-state index in [4.69, 9.17) is 9.84 Å². The van der Waals surface area contributed by atoms with Crippen LogP contribution < -0.4 is 5.32 Å². The average Bonchev–Trinajstić information content (AvgIpc) is 2.45. The first-order valence-electron chi connectivity index (χ1n) is 7.74. The molecule has 0 saturated heterocycles. The minimum atomic E-state index is -0.756. The van der Waals surface area contributed by atoms with Crippen LogP contribution in [0.25, 0.3) is 0 Å². The van der Waals surface area contributed by atoms with Crippen LogP contribution in [0.1, 0.15) is 58.3 Å². The second-order valence-electron chi connectivity index (χ2n) is 5.28. The molecule has 2 N–H and O–H groups in total. The van der Waals surface area contributed by atoms with Gasteiger partial charge in [-0.3, -0.25) is 9.59 Å². The second-order valence-corrected chi connectivity index (χ2v) is 5.28. The molecule has 6 heteroatoms. The molecule has 0 aliphatic carbocycles. The Hall–Kier alpha value is -1.85. The largest absolute Gasteiger partial charge is 0.481 e. The maximum absolute atomic E-state index is 11.5. The number of carbonyl (C=O) groups excluding carboxylic acids is 2. The number of carbonyl (C=O) groups is 3. The van der Waals surface area contributed by atoms with Crippen molar-refractivity contribution in [2.45, 2.75) is 58.3 Å². The maximum atomic E-state index is 11.5. The molecular formula is C16H27NO5. The fraction of sp³-hybridized carbons (Fsp3) is 0.688. The summed E-state index contributed by atoms with van der Waals surface area (Å²) in [6, 6.07) is 0. The Balaban J connectivity index is 3.35. The molecule has 0 aromatic carbocycles. The molecule has 0 saturated carbocycles. The van der Waals surface area contributed by atoms with Crippen LogP contribution >= 0.6 is 0 Å². The number of nitrogens with one attached hydrogen (secondary N) is 1. The van der Waals surface area contributed by atoms with Crippen LogP contribution in [0.3, 0.4) is 0 Å². The van der Waals surface area contributed by atoms with Gasteiger partial charge < -0.3 is 15.2 Å². The molecule has 6 nitrogen and oxygen atoms in total.